The zero-order valence-electron chi connectivity index (χ0n) is 26.4. The average molecular weight is 617 g/mol. The van der Waals surface area contributed by atoms with Crippen LogP contribution in [0.1, 0.15) is 79.2 Å². The van der Waals surface area contributed by atoms with E-state index in [1.165, 1.54) is 11.3 Å². The zero-order valence-corrected chi connectivity index (χ0v) is 27.3. The van der Waals surface area contributed by atoms with Crippen LogP contribution >= 0.6 is 11.3 Å². The lowest BCUT2D eigenvalue weighted by atomic mass is 9.80. The number of ketones is 1. The summed E-state index contributed by atoms with van der Waals surface area (Å²) in [4.78, 5) is 71.8. The van der Waals surface area contributed by atoms with E-state index in [-0.39, 0.29) is 41.0 Å². The van der Waals surface area contributed by atoms with Crippen LogP contribution in [0, 0.1) is 34.5 Å². The van der Waals surface area contributed by atoms with Crippen LogP contribution in [0.25, 0.3) is 0 Å². The van der Waals surface area contributed by atoms with Crippen LogP contribution in [0.4, 0.5) is 4.79 Å². The number of hydrogen-bond donors (Lipinski definition) is 4. The molecule has 0 radical (unpaired) electrons. The summed E-state index contributed by atoms with van der Waals surface area (Å²) < 4.78 is 0. The highest BCUT2D eigenvalue weighted by Gasteiger charge is 2.70. The van der Waals surface area contributed by atoms with Gasteiger partial charge in [0.2, 0.25) is 17.6 Å². The Morgan fingerprint density at radius 2 is 1.79 bits per heavy atom. The van der Waals surface area contributed by atoms with Gasteiger partial charge in [0.1, 0.15) is 12.1 Å². The molecule has 2 heterocycles. The van der Waals surface area contributed by atoms with Crippen molar-refractivity contribution in [2.75, 3.05) is 6.54 Å². The summed E-state index contributed by atoms with van der Waals surface area (Å²) in [6.45, 7) is 14.2. The van der Waals surface area contributed by atoms with Crippen molar-refractivity contribution < 1.29 is 24.0 Å². The van der Waals surface area contributed by atoms with Gasteiger partial charge in [-0.05, 0) is 40.9 Å². The number of Topliss-reactive ketones (excluding diaryl/α,β-unsaturated/α-hetero) is 1. The zero-order chi connectivity index (χ0) is 31.9. The SMILES string of the molecule is CC(C)[C@@H](Cc1nccs1)NC(=O)N[C@H](C(=O)N1C[C@H]2[C@@H](C1C(=O)NC(CC1CCC1)C(=O)C(N)=O)C2(C)C)C(C)(C)C. The highest BCUT2D eigenvalue weighted by molar-refractivity contribution is 7.09. The quantitative estimate of drug-likeness (QED) is 0.264. The number of nitrogens with two attached hydrogens (primary N) is 1. The molecule has 2 unspecified atom stereocenters. The molecule has 3 fully saturated rings. The first-order valence-corrected chi connectivity index (χ1v) is 16.3. The summed E-state index contributed by atoms with van der Waals surface area (Å²) in [7, 11) is 0. The van der Waals surface area contributed by atoms with Crippen LogP contribution in [-0.2, 0) is 25.6 Å². The molecular formula is C31H48N6O5S. The fourth-order valence-corrected chi connectivity index (χ4v) is 7.36. The Hall–Kier alpha value is -3.02. The number of rotatable bonds is 12. The normalized spacial score (nSPS) is 24.7. The number of amides is 5. The predicted octanol–water partition coefficient (Wildman–Crippen LogP) is 2.64. The predicted molar refractivity (Wildman–Crippen MR) is 164 cm³/mol. The highest BCUT2D eigenvalue weighted by atomic mass is 32.1. The number of aromatic nitrogens is 1. The summed E-state index contributed by atoms with van der Waals surface area (Å²) in [6.07, 6.45) is 5.60. The third kappa shape index (κ3) is 7.21. The molecule has 1 aliphatic heterocycles. The van der Waals surface area contributed by atoms with E-state index in [1.807, 2.05) is 40.0 Å². The van der Waals surface area contributed by atoms with Gasteiger partial charge >= 0.3 is 6.03 Å². The van der Waals surface area contributed by atoms with E-state index in [2.05, 4.69) is 34.8 Å². The lowest BCUT2D eigenvalue weighted by Gasteiger charge is -2.38. The number of piperidine rings is 1. The summed E-state index contributed by atoms with van der Waals surface area (Å²) in [5.74, 6) is -2.29. The second kappa shape index (κ2) is 12.5. The van der Waals surface area contributed by atoms with Gasteiger partial charge in [-0.25, -0.2) is 9.78 Å². The first-order chi connectivity index (χ1) is 20.0. The molecule has 3 aliphatic rings. The third-order valence-corrected chi connectivity index (χ3v) is 10.6. The Balaban J connectivity index is 1.51. The Kier molecular flexibility index (Phi) is 9.58. The largest absolute Gasteiger partial charge is 0.363 e. The van der Waals surface area contributed by atoms with E-state index < -0.39 is 47.2 Å². The van der Waals surface area contributed by atoms with Crippen LogP contribution in [0.15, 0.2) is 11.6 Å². The molecule has 6 atom stereocenters. The molecule has 1 saturated heterocycles. The fraction of sp³-hybridized carbons (Fsp3) is 0.742. The van der Waals surface area contributed by atoms with Gasteiger partial charge in [-0.1, -0.05) is 67.7 Å². The van der Waals surface area contributed by atoms with Gasteiger partial charge < -0.3 is 26.6 Å². The lowest BCUT2D eigenvalue weighted by molar-refractivity contribution is -0.145. The van der Waals surface area contributed by atoms with E-state index >= 15 is 0 Å². The van der Waals surface area contributed by atoms with Crippen molar-refractivity contribution in [3.63, 3.8) is 0 Å². The molecule has 0 aromatic carbocycles. The van der Waals surface area contributed by atoms with Gasteiger partial charge in [0.25, 0.3) is 5.91 Å². The van der Waals surface area contributed by atoms with Crippen LogP contribution in [0.3, 0.4) is 0 Å². The summed E-state index contributed by atoms with van der Waals surface area (Å²) in [5.41, 5.74) is 4.51. The van der Waals surface area contributed by atoms with Gasteiger partial charge in [0.05, 0.1) is 11.0 Å². The smallest absolute Gasteiger partial charge is 0.315 e. The first kappa shape index (κ1) is 32.9. The Morgan fingerprint density at radius 3 is 2.30 bits per heavy atom. The van der Waals surface area contributed by atoms with Crippen molar-refractivity contribution in [2.24, 2.45) is 40.2 Å². The number of hydrogen-bond acceptors (Lipinski definition) is 7. The van der Waals surface area contributed by atoms with Gasteiger partial charge in [0.15, 0.2) is 0 Å². The number of thiazole rings is 1. The molecule has 2 aliphatic carbocycles. The minimum absolute atomic E-state index is 0.0949. The molecule has 43 heavy (non-hydrogen) atoms. The monoisotopic (exact) mass is 616 g/mol. The number of urea groups is 1. The molecule has 11 nitrogen and oxygen atoms in total. The number of nitrogens with one attached hydrogen (secondary N) is 3. The molecule has 1 aromatic heterocycles. The van der Waals surface area contributed by atoms with Crippen molar-refractivity contribution in [2.45, 2.75) is 105 Å². The van der Waals surface area contributed by atoms with Crippen LogP contribution in [0.2, 0.25) is 0 Å². The van der Waals surface area contributed by atoms with Crippen LogP contribution in [-0.4, -0.2) is 70.1 Å². The minimum atomic E-state index is -1.08. The number of likely N-dealkylation sites (tertiary alicyclic amines) is 1. The number of carbonyl (C=O) groups is 5. The van der Waals surface area contributed by atoms with Gasteiger partial charge in [-0.15, -0.1) is 11.3 Å². The summed E-state index contributed by atoms with van der Waals surface area (Å²) >= 11 is 1.53. The Morgan fingerprint density at radius 1 is 1.12 bits per heavy atom. The van der Waals surface area contributed by atoms with E-state index in [1.54, 1.807) is 11.1 Å². The third-order valence-electron chi connectivity index (χ3n) is 9.82. The van der Waals surface area contributed by atoms with Crippen molar-refractivity contribution in [1.82, 2.24) is 25.8 Å². The van der Waals surface area contributed by atoms with Crippen molar-refractivity contribution >= 4 is 40.9 Å². The standard InChI is InChI=1S/C31H48N6O5S/c1-16(2)19(14-21-33-11-12-43-21)35-29(42)36-25(30(3,4)5)28(41)37-15-18-22(31(18,6)7)23(37)27(40)34-20(24(38)26(32)39)13-17-9-8-10-17/h11-12,16-20,22-23,25H,8-10,13-15H2,1-7H3,(H2,32,39)(H,34,40)(H2,35,36,42)/t18-,19+,20?,22-,23?,25+/m0/s1. The molecule has 5 N–H and O–H groups in total. The first-order valence-electron chi connectivity index (χ1n) is 15.4. The minimum Gasteiger partial charge on any atom is -0.363 e. The van der Waals surface area contributed by atoms with Gasteiger partial charge in [-0.3, -0.25) is 19.2 Å². The molecule has 238 valence electrons. The fourth-order valence-electron chi connectivity index (χ4n) is 6.69. The second-order valence-corrected chi connectivity index (χ2v) is 15.6. The molecule has 4 rings (SSSR count). The second-order valence-electron chi connectivity index (χ2n) is 14.6. The molecule has 5 amide bonds. The van der Waals surface area contributed by atoms with E-state index in [9.17, 15) is 24.0 Å². The van der Waals surface area contributed by atoms with Crippen molar-refractivity contribution in [3.8, 4) is 0 Å². The summed E-state index contributed by atoms with van der Waals surface area (Å²) in [6, 6.07) is -3.38. The Labute approximate surface area is 258 Å². The maximum absolute atomic E-state index is 14.2. The number of primary amides is 1. The summed E-state index contributed by atoms with van der Waals surface area (Å²) in [5, 5.41) is 11.6. The Bertz CT molecular complexity index is 1220. The van der Waals surface area contributed by atoms with E-state index in [0.29, 0.717) is 19.4 Å². The van der Waals surface area contributed by atoms with Gasteiger partial charge in [0, 0.05) is 30.6 Å². The number of fused-ring (bicyclic) bond motifs is 1. The molecule has 12 heteroatoms. The topological polar surface area (TPSA) is 164 Å². The average Bonchev–Trinajstić information content (AvgIpc) is 3.31. The van der Waals surface area contributed by atoms with Crippen LogP contribution in [0.5, 0.6) is 0 Å². The maximum Gasteiger partial charge on any atom is 0.315 e. The van der Waals surface area contributed by atoms with E-state index in [0.717, 1.165) is 24.3 Å². The maximum atomic E-state index is 14.2. The van der Waals surface area contributed by atoms with Crippen molar-refractivity contribution in [1.29, 1.82) is 0 Å². The van der Waals surface area contributed by atoms with Gasteiger partial charge in [-0.2, -0.15) is 0 Å². The number of carbonyl (C=O) groups excluding carboxylic acids is 5. The number of nitrogens with zero attached hydrogens (tertiary/aromatic N) is 2. The molecule has 0 spiro atoms. The van der Waals surface area contributed by atoms with Crippen molar-refractivity contribution in [3.05, 3.63) is 16.6 Å². The highest BCUT2D eigenvalue weighted by Crippen LogP contribution is 2.65. The molecule has 2 saturated carbocycles. The molecular weight excluding hydrogens is 568 g/mol. The van der Waals surface area contributed by atoms with Crippen LogP contribution < -0.4 is 21.7 Å². The molecule has 1 aromatic rings. The lowest BCUT2D eigenvalue weighted by Crippen LogP contribution is -2.62. The van der Waals surface area contributed by atoms with E-state index in [4.69, 9.17) is 5.73 Å². The molecule has 0 bridgehead atoms.